The van der Waals surface area contributed by atoms with Gasteiger partial charge in [-0.1, -0.05) is 26.8 Å². The third kappa shape index (κ3) is 2.87. The van der Waals surface area contributed by atoms with E-state index in [1.807, 2.05) is 13.8 Å². The maximum Gasteiger partial charge on any atom is 0.240 e. The number of nitrogens with one attached hydrogen (secondary N) is 1. The van der Waals surface area contributed by atoms with Crippen LogP contribution in [0, 0.1) is 13.8 Å². The van der Waals surface area contributed by atoms with Gasteiger partial charge in [-0.05, 0) is 49.1 Å². The molecule has 4 heteroatoms. The highest BCUT2D eigenvalue weighted by molar-refractivity contribution is 7.89. The fourth-order valence-electron chi connectivity index (χ4n) is 1.65. The molecule has 0 saturated heterocycles. The minimum atomic E-state index is -3.38. The van der Waals surface area contributed by atoms with Crippen LogP contribution in [0.5, 0.6) is 0 Å². The van der Waals surface area contributed by atoms with Crippen molar-refractivity contribution in [1.29, 1.82) is 0 Å². The van der Waals surface area contributed by atoms with E-state index in [1.165, 1.54) is 7.05 Å². The predicted molar refractivity (Wildman–Crippen MR) is 70.9 cm³/mol. The maximum atomic E-state index is 11.9. The standard InChI is InChI=1S/C13H21NO2S/c1-9-7-11(13(3,4)5)8-12(10(9)2)17(15,16)14-6/h7-8,14H,1-6H3. The first-order valence-electron chi connectivity index (χ1n) is 5.65. The molecule has 96 valence electrons. The Balaban J connectivity index is 3.58. The molecule has 0 radical (unpaired) electrons. The molecule has 1 aromatic rings. The van der Waals surface area contributed by atoms with E-state index >= 15 is 0 Å². The predicted octanol–water partition coefficient (Wildman–Crippen LogP) is 2.51. The Morgan fingerprint density at radius 3 is 2.06 bits per heavy atom. The van der Waals surface area contributed by atoms with Crippen molar-refractivity contribution in [3.63, 3.8) is 0 Å². The number of benzene rings is 1. The normalized spacial score (nSPS) is 12.8. The van der Waals surface area contributed by atoms with E-state index in [4.69, 9.17) is 0 Å². The molecule has 0 amide bonds. The summed E-state index contributed by atoms with van der Waals surface area (Å²) in [5, 5.41) is 0. The van der Waals surface area contributed by atoms with Crippen molar-refractivity contribution in [3.8, 4) is 0 Å². The first-order valence-corrected chi connectivity index (χ1v) is 7.13. The molecule has 0 unspecified atom stereocenters. The summed E-state index contributed by atoms with van der Waals surface area (Å²) in [5.74, 6) is 0. The van der Waals surface area contributed by atoms with Crippen LogP contribution in [0.4, 0.5) is 0 Å². The van der Waals surface area contributed by atoms with Crippen molar-refractivity contribution in [2.45, 2.75) is 44.9 Å². The molecule has 0 aliphatic rings. The lowest BCUT2D eigenvalue weighted by Crippen LogP contribution is -2.21. The number of rotatable bonds is 2. The van der Waals surface area contributed by atoms with Crippen LogP contribution in [0.1, 0.15) is 37.5 Å². The SMILES string of the molecule is CNS(=O)(=O)c1cc(C(C)(C)C)cc(C)c1C. The molecule has 3 nitrogen and oxygen atoms in total. The van der Waals surface area contributed by atoms with Crippen molar-refractivity contribution in [3.05, 3.63) is 28.8 Å². The third-order valence-electron chi connectivity index (χ3n) is 3.04. The largest absolute Gasteiger partial charge is 0.240 e. The van der Waals surface area contributed by atoms with Crippen LogP contribution >= 0.6 is 0 Å². The maximum absolute atomic E-state index is 11.9. The van der Waals surface area contributed by atoms with Gasteiger partial charge in [-0.2, -0.15) is 0 Å². The van der Waals surface area contributed by atoms with Gasteiger partial charge in [0.05, 0.1) is 4.90 Å². The van der Waals surface area contributed by atoms with E-state index in [1.54, 1.807) is 6.07 Å². The summed E-state index contributed by atoms with van der Waals surface area (Å²) in [5.41, 5.74) is 2.80. The molecule has 17 heavy (non-hydrogen) atoms. The molecule has 1 aromatic carbocycles. The molecule has 0 saturated carbocycles. The van der Waals surface area contributed by atoms with Gasteiger partial charge in [0.1, 0.15) is 0 Å². The first kappa shape index (κ1) is 14.2. The topological polar surface area (TPSA) is 46.2 Å². The second-order valence-electron chi connectivity index (χ2n) is 5.37. The van der Waals surface area contributed by atoms with Crippen molar-refractivity contribution >= 4 is 10.0 Å². The highest BCUT2D eigenvalue weighted by Crippen LogP contribution is 2.28. The lowest BCUT2D eigenvalue weighted by atomic mass is 9.85. The number of hydrogen-bond acceptors (Lipinski definition) is 2. The van der Waals surface area contributed by atoms with E-state index in [0.29, 0.717) is 4.90 Å². The Labute approximate surface area is 104 Å². The van der Waals surface area contributed by atoms with Crippen LogP contribution in [-0.2, 0) is 15.4 Å². The van der Waals surface area contributed by atoms with Crippen LogP contribution in [0.3, 0.4) is 0 Å². The fourth-order valence-corrected chi connectivity index (χ4v) is 2.72. The summed E-state index contributed by atoms with van der Waals surface area (Å²) in [6, 6.07) is 3.83. The van der Waals surface area contributed by atoms with E-state index in [9.17, 15) is 8.42 Å². The van der Waals surface area contributed by atoms with E-state index in [-0.39, 0.29) is 5.41 Å². The Morgan fingerprint density at radius 2 is 1.65 bits per heavy atom. The van der Waals surface area contributed by atoms with Gasteiger partial charge in [0.15, 0.2) is 0 Å². The van der Waals surface area contributed by atoms with Crippen LogP contribution in [0.2, 0.25) is 0 Å². The molecule has 0 aromatic heterocycles. The minimum absolute atomic E-state index is 0.0591. The molecule has 1 rings (SSSR count). The van der Waals surface area contributed by atoms with Crippen LogP contribution < -0.4 is 4.72 Å². The van der Waals surface area contributed by atoms with Crippen molar-refractivity contribution < 1.29 is 8.42 Å². The summed E-state index contributed by atoms with van der Waals surface area (Å²) in [7, 11) is -1.95. The molecule has 0 heterocycles. The smallest absolute Gasteiger partial charge is 0.214 e. The lowest BCUT2D eigenvalue weighted by Gasteiger charge is -2.22. The monoisotopic (exact) mass is 255 g/mol. The molecule has 0 bridgehead atoms. The quantitative estimate of drug-likeness (QED) is 0.882. The Bertz CT molecular complexity index is 525. The number of aryl methyl sites for hydroxylation is 1. The van der Waals surface area contributed by atoms with Gasteiger partial charge in [-0.3, -0.25) is 0 Å². The highest BCUT2D eigenvalue weighted by atomic mass is 32.2. The zero-order valence-electron chi connectivity index (χ0n) is 11.4. The van der Waals surface area contributed by atoms with Gasteiger partial charge in [-0.15, -0.1) is 0 Å². The molecule has 0 aliphatic carbocycles. The zero-order chi connectivity index (χ0) is 13.4. The second-order valence-corrected chi connectivity index (χ2v) is 7.23. The summed E-state index contributed by atoms with van der Waals surface area (Å²) < 4.78 is 26.3. The van der Waals surface area contributed by atoms with Gasteiger partial charge in [0, 0.05) is 0 Å². The zero-order valence-corrected chi connectivity index (χ0v) is 12.2. The lowest BCUT2D eigenvalue weighted by molar-refractivity contribution is 0.578. The summed E-state index contributed by atoms with van der Waals surface area (Å²) in [6.07, 6.45) is 0. The van der Waals surface area contributed by atoms with Gasteiger partial charge >= 0.3 is 0 Å². The van der Waals surface area contributed by atoms with E-state index < -0.39 is 10.0 Å². The van der Waals surface area contributed by atoms with Gasteiger partial charge < -0.3 is 0 Å². The Kier molecular flexibility index (Phi) is 3.69. The molecular formula is C13H21NO2S. The summed E-state index contributed by atoms with van der Waals surface area (Å²) >= 11 is 0. The number of sulfonamides is 1. The fraction of sp³-hybridized carbons (Fsp3) is 0.538. The van der Waals surface area contributed by atoms with Gasteiger partial charge in [0.25, 0.3) is 0 Å². The molecule has 0 fully saturated rings. The van der Waals surface area contributed by atoms with Crippen molar-refractivity contribution in [1.82, 2.24) is 4.72 Å². The van der Waals surface area contributed by atoms with Gasteiger partial charge in [-0.25, -0.2) is 13.1 Å². The van der Waals surface area contributed by atoms with Crippen LogP contribution in [0.25, 0.3) is 0 Å². The van der Waals surface area contributed by atoms with Crippen LogP contribution in [0.15, 0.2) is 17.0 Å². The summed E-state index contributed by atoms with van der Waals surface area (Å²) in [6.45, 7) is 10.0. The average molecular weight is 255 g/mol. The van der Waals surface area contributed by atoms with Crippen LogP contribution in [-0.4, -0.2) is 15.5 Å². The molecule has 1 N–H and O–H groups in total. The Morgan fingerprint density at radius 1 is 1.12 bits per heavy atom. The molecule has 0 spiro atoms. The first-order chi connectivity index (χ1) is 7.59. The highest BCUT2D eigenvalue weighted by Gasteiger charge is 2.21. The molecule has 0 aliphatic heterocycles. The van der Waals surface area contributed by atoms with Gasteiger partial charge in [0.2, 0.25) is 10.0 Å². The summed E-state index contributed by atoms with van der Waals surface area (Å²) in [4.78, 5) is 0.380. The number of hydrogen-bond donors (Lipinski definition) is 1. The Hall–Kier alpha value is -0.870. The third-order valence-corrected chi connectivity index (χ3v) is 4.58. The van der Waals surface area contributed by atoms with E-state index in [2.05, 4.69) is 31.6 Å². The van der Waals surface area contributed by atoms with Crippen molar-refractivity contribution in [2.75, 3.05) is 7.05 Å². The average Bonchev–Trinajstić information content (AvgIpc) is 2.20. The van der Waals surface area contributed by atoms with E-state index in [0.717, 1.165) is 16.7 Å². The van der Waals surface area contributed by atoms with Crippen molar-refractivity contribution in [2.24, 2.45) is 0 Å². The minimum Gasteiger partial charge on any atom is -0.214 e. The molecule has 0 atom stereocenters. The molecular weight excluding hydrogens is 234 g/mol. The second kappa shape index (κ2) is 4.42.